The van der Waals surface area contributed by atoms with Gasteiger partial charge >= 0.3 is 0 Å². The van der Waals surface area contributed by atoms with Gasteiger partial charge in [-0.3, -0.25) is 0 Å². The van der Waals surface area contributed by atoms with Crippen LogP contribution in [-0.2, 0) is 0 Å². The molecule has 0 aliphatic carbocycles. The Bertz CT molecular complexity index is 2580. The van der Waals surface area contributed by atoms with Gasteiger partial charge in [-0.15, -0.1) is 0 Å². The van der Waals surface area contributed by atoms with Crippen molar-refractivity contribution < 1.29 is 8.81 Å². The fourth-order valence-electron chi connectivity index (χ4n) is 6.75. The highest BCUT2D eigenvalue weighted by Gasteiger charge is 2.17. The van der Waals surface area contributed by atoms with Crippen molar-refractivity contribution in [3.8, 4) is 50.5 Å². The lowest BCUT2D eigenvalue weighted by molar-refractivity contribution is 0.614. The van der Waals surface area contributed by atoms with Crippen LogP contribution in [0.25, 0.3) is 83.4 Å². The zero-order chi connectivity index (χ0) is 31.3. The number of halogens is 1. The minimum Gasteiger partial charge on any atom is -0.436 e. The van der Waals surface area contributed by atoms with Gasteiger partial charge in [0.1, 0.15) is 11.3 Å². The zero-order valence-electron chi connectivity index (χ0n) is 25.3. The van der Waals surface area contributed by atoms with Crippen LogP contribution in [0.15, 0.2) is 168 Å². The lowest BCUT2D eigenvalue weighted by atomic mass is 9.89. The second-order valence-corrected chi connectivity index (χ2v) is 11.7. The van der Waals surface area contributed by atoms with E-state index in [9.17, 15) is 4.39 Å². The summed E-state index contributed by atoms with van der Waals surface area (Å²) in [6, 6.07) is 55.8. The molecule has 0 aliphatic rings. The van der Waals surface area contributed by atoms with E-state index < -0.39 is 0 Å². The Hall–Kier alpha value is -6.26. The van der Waals surface area contributed by atoms with E-state index in [0.29, 0.717) is 17.0 Å². The Morgan fingerprint density at radius 2 is 1.06 bits per heavy atom. The standard InChI is InChI=1S/C43H27FN2O/c44-31-23-25-42-39(27-31)45-43(47-42)29-20-18-28(19-21-29)33-12-4-6-14-35(33)36-15-7-5-13-34(36)30-22-24-41-38(26-30)37-16-8-9-17-40(37)46(41)32-10-2-1-3-11-32/h1-27H. The monoisotopic (exact) mass is 606 g/mol. The Morgan fingerprint density at radius 1 is 0.468 bits per heavy atom. The topological polar surface area (TPSA) is 31.0 Å². The van der Waals surface area contributed by atoms with Crippen LogP contribution in [-0.4, -0.2) is 9.55 Å². The van der Waals surface area contributed by atoms with Gasteiger partial charge in [-0.1, -0.05) is 103 Å². The van der Waals surface area contributed by atoms with Gasteiger partial charge in [0.15, 0.2) is 5.58 Å². The molecule has 0 saturated heterocycles. The smallest absolute Gasteiger partial charge is 0.227 e. The van der Waals surface area contributed by atoms with E-state index in [1.807, 2.05) is 12.1 Å². The number of para-hydroxylation sites is 2. The van der Waals surface area contributed by atoms with Gasteiger partial charge < -0.3 is 8.98 Å². The molecule has 7 aromatic carbocycles. The van der Waals surface area contributed by atoms with Crippen LogP contribution in [0.1, 0.15) is 0 Å². The summed E-state index contributed by atoms with van der Waals surface area (Å²) in [6.07, 6.45) is 0. The average Bonchev–Trinajstić information content (AvgIpc) is 3.71. The number of hydrogen-bond donors (Lipinski definition) is 0. The highest BCUT2D eigenvalue weighted by Crippen LogP contribution is 2.41. The first-order valence-corrected chi connectivity index (χ1v) is 15.7. The molecule has 0 saturated carbocycles. The maximum Gasteiger partial charge on any atom is 0.227 e. The number of hydrogen-bond acceptors (Lipinski definition) is 2. The highest BCUT2D eigenvalue weighted by atomic mass is 19.1. The second-order valence-electron chi connectivity index (χ2n) is 11.7. The predicted octanol–water partition coefficient (Wildman–Crippen LogP) is 11.7. The van der Waals surface area contributed by atoms with Crippen LogP contribution < -0.4 is 0 Å². The molecule has 0 aliphatic heterocycles. The predicted molar refractivity (Wildman–Crippen MR) is 190 cm³/mol. The largest absolute Gasteiger partial charge is 0.436 e. The third kappa shape index (κ3) is 4.62. The van der Waals surface area contributed by atoms with Crippen LogP contribution in [0.4, 0.5) is 4.39 Å². The van der Waals surface area contributed by atoms with Crippen molar-refractivity contribution in [1.82, 2.24) is 9.55 Å². The molecule has 0 N–H and O–H groups in total. The van der Waals surface area contributed by atoms with E-state index in [1.165, 1.54) is 50.6 Å². The van der Waals surface area contributed by atoms with Gasteiger partial charge in [-0.25, -0.2) is 9.37 Å². The maximum absolute atomic E-state index is 13.7. The van der Waals surface area contributed by atoms with Gasteiger partial charge in [0.05, 0.1) is 11.0 Å². The van der Waals surface area contributed by atoms with Crippen molar-refractivity contribution in [2.75, 3.05) is 0 Å². The number of oxazole rings is 1. The summed E-state index contributed by atoms with van der Waals surface area (Å²) in [6.45, 7) is 0. The third-order valence-corrected chi connectivity index (χ3v) is 8.93. The first kappa shape index (κ1) is 27.1. The van der Waals surface area contributed by atoms with Crippen LogP contribution in [0.3, 0.4) is 0 Å². The SMILES string of the molecule is Fc1ccc2oc(-c3ccc(-c4ccccc4-c4ccccc4-c4ccc5c(c4)c4ccccc4n5-c4ccccc4)cc3)nc2c1. The van der Waals surface area contributed by atoms with Gasteiger partial charge in [-0.05, 0) is 88.0 Å². The summed E-state index contributed by atoms with van der Waals surface area (Å²) in [5.41, 5.74) is 12.3. The van der Waals surface area contributed by atoms with Crippen LogP contribution in [0, 0.1) is 5.82 Å². The second kappa shape index (κ2) is 11.0. The summed E-state index contributed by atoms with van der Waals surface area (Å²) < 4.78 is 22.0. The van der Waals surface area contributed by atoms with Crippen molar-refractivity contribution >= 4 is 32.9 Å². The van der Waals surface area contributed by atoms with Crippen LogP contribution >= 0.6 is 0 Å². The first-order chi connectivity index (χ1) is 23.2. The summed E-state index contributed by atoms with van der Waals surface area (Å²) in [5, 5.41) is 2.46. The van der Waals surface area contributed by atoms with Crippen molar-refractivity contribution in [3.63, 3.8) is 0 Å². The summed E-state index contributed by atoms with van der Waals surface area (Å²) >= 11 is 0. The number of aromatic nitrogens is 2. The van der Waals surface area contributed by atoms with Crippen molar-refractivity contribution in [3.05, 3.63) is 170 Å². The molecule has 222 valence electrons. The normalized spacial score (nSPS) is 11.5. The van der Waals surface area contributed by atoms with Gasteiger partial charge in [0.25, 0.3) is 0 Å². The summed E-state index contributed by atoms with van der Waals surface area (Å²) in [5.74, 6) is 0.142. The fourth-order valence-corrected chi connectivity index (χ4v) is 6.75. The van der Waals surface area contributed by atoms with Crippen LogP contribution in [0.2, 0.25) is 0 Å². The van der Waals surface area contributed by atoms with Gasteiger partial charge in [0, 0.05) is 28.1 Å². The lowest BCUT2D eigenvalue weighted by Gasteiger charge is -2.15. The van der Waals surface area contributed by atoms with Gasteiger partial charge in [0.2, 0.25) is 5.89 Å². The van der Waals surface area contributed by atoms with E-state index in [0.717, 1.165) is 27.9 Å². The van der Waals surface area contributed by atoms with Crippen molar-refractivity contribution in [2.24, 2.45) is 0 Å². The van der Waals surface area contributed by atoms with Gasteiger partial charge in [-0.2, -0.15) is 0 Å². The Labute approximate surface area is 270 Å². The quantitative estimate of drug-likeness (QED) is 0.195. The molecule has 2 heterocycles. The van der Waals surface area contributed by atoms with E-state index in [4.69, 9.17) is 4.42 Å². The van der Waals surface area contributed by atoms with Crippen molar-refractivity contribution in [2.45, 2.75) is 0 Å². The molecule has 0 unspecified atom stereocenters. The molecular weight excluding hydrogens is 579 g/mol. The molecule has 47 heavy (non-hydrogen) atoms. The van der Waals surface area contributed by atoms with E-state index in [2.05, 4.69) is 143 Å². The summed E-state index contributed by atoms with van der Waals surface area (Å²) in [7, 11) is 0. The molecule has 4 heteroatoms. The molecule has 0 fully saturated rings. The summed E-state index contributed by atoms with van der Waals surface area (Å²) in [4.78, 5) is 4.51. The molecule has 0 radical (unpaired) electrons. The highest BCUT2D eigenvalue weighted by molar-refractivity contribution is 6.11. The number of fused-ring (bicyclic) bond motifs is 4. The molecule has 0 bridgehead atoms. The van der Waals surface area contributed by atoms with Crippen molar-refractivity contribution in [1.29, 1.82) is 0 Å². The number of benzene rings is 7. The molecule has 0 atom stereocenters. The Morgan fingerprint density at radius 3 is 1.83 bits per heavy atom. The molecule has 0 spiro atoms. The molecule has 9 aromatic rings. The third-order valence-electron chi connectivity index (χ3n) is 8.93. The minimum absolute atomic E-state index is 0.330. The van der Waals surface area contributed by atoms with E-state index >= 15 is 0 Å². The van der Waals surface area contributed by atoms with Crippen LogP contribution in [0.5, 0.6) is 0 Å². The molecule has 2 aromatic heterocycles. The number of nitrogens with zero attached hydrogens (tertiary/aromatic N) is 2. The van der Waals surface area contributed by atoms with E-state index in [1.54, 1.807) is 6.07 Å². The molecular formula is C43H27FN2O. The zero-order valence-corrected chi connectivity index (χ0v) is 25.3. The minimum atomic E-state index is -0.330. The molecule has 0 amide bonds. The Kier molecular flexibility index (Phi) is 6.32. The Balaban J connectivity index is 1.14. The fraction of sp³-hybridized carbons (Fsp3) is 0. The van der Waals surface area contributed by atoms with E-state index in [-0.39, 0.29) is 5.82 Å². The maximum atomic E-state index is 13.7. The average molecular weight is 607 g/mol. The number of rotatable bonds is 5. The first-order valence-electron chi connectivity index (χ1n) is 15.7. The molecule has 3 nitrogen and oxygen atoms in total. The lowest BCUT2D eigenvalue weighted by Crippen LogP contribution is -1.93. The molecule has 9 rings (SSSR count).